The largest absolute Gasteiger partial charge is 0.354 e. The van der Waals surface area contributed by atoms with Crippen molar-refractivity contribution in [1.29, 1.82) is 0 Å². The van der Waals surface area contributed by atoms with E-state index in [4.69, 9.17) is 23.2 Å². The fourth-order valence-corrected chi connectivity index (χ4v) is 3.68. The van der Waals surface area contributed by atoms with Gasteiger partial charge in [0.25, 0.3) is 0 Å². The Bertz CT molecular complexity index is 899. The summed E-state index contributed by atoms with van der Waals surface area (Å²) in [6.45, 7) is 8.65. The molecule has 0 fully saturated rings. The van der Waals surface area contributed by atoms with Gasteiger partial charge in [-0.15, -0.1) is 0 Å². The zero-order valence-corrected chi connectivity index (χ0v) is 19.6. The number of aryl methyl sites for hydroxylation is 2. The van der Waals surface area contributed by atoms with Gasteiger partial charge < -0.3 is 10.2 Å². The van der Waals surface area contributed by atoms with Crippen molar-refractivity contribution in [3.63, 3.8) is 0 Å². The van der Waals surface area contributed by atoms with Crippen LogP contribution >= 0.6 is 23.2 Å². The molecule has 0 aliphatic rings. The number of rotatable bonds is 9. The van der Waals surface area contributed by atoms with Crippen LogP contribution in [0.2, 0.25) is 10.0 Å². The minimum absolute atomic E-state index is 0.118. The number of amides is 2. The molecule has 0 aliphatic heterocycles. The first kappa shape index (κ1) is 24.2. The maximum Gasteiger partial charge on any atom is 0.242 e. The predicted octanol–water partition coefficient (Wildman–Crippen LogP) is 5.49. The summed E-state index contributed by atoms with van der Waals surface area (Å²) in [5.74, 6) is -0.282. The number of halogens is 2. The summed E-state index contributed by atoms with van der Waals surface area (Å²) in [7, 11) is 0. The molecule has 0 aromatic heterocycles. The van der Waals surface area contributed by atoms with E-state index in [9.17, 15) is 9.59 Å². The van der Waals surface area contributed by atoms with Crippen LogP contribution in [0.5, 0.6) is 0 Å². The number of benzene rings is 2. The molecule has 2 aromatic carbocycles. The van der Waals surface area contributed by atoms with Gasteiger partial charge in [0.1, 0.15) is 6.04 Å². The van der Waals surface area contributed by atoms with Gasteiger partial charge in [0.2, 0.25) is 11.8 Å². The molecular weight excluding hydrogens is 419 g/mol. The highest BCUT2D eigenvalue weighted by atomic mass is 35.5. The Morgan fingerprint density at radius 3 is 2.47 bits per heavy atom. The number of nitrogens with zero attached hydrogens (tertiary/aromatic N) is 1. The smallest absolute Gasteiger partial charge is 0.242 e. The van der Waals surface area contributed by atoms with E-state index in [0.29, 0.717) is 16.6 Å². The molecule has 0 bridgehead atoms. The first-order valence-electron chi connectivity index (χ1n) is 10.3. The third-order valence-electron chi connectivity index (χ3n) is 5.20. The molecule has 0 heterocycles. The first-order valence-corrected chi connectivity index (χ1v) is 11.1. The van der Waals surface area contributed by atoms with E-state index in [1.165, 1.54) is 0 Å². The summed E-state index contributed by atoms with van der Waals surface area (Å²) >= 11 is 12.4. The summed E-state index contributed by atoms with van der Waals surface area (Å²) in [6, 6.07) is 10.6. The van der Waals surface area contributed by atoms with Crippen LogP contribution in [0.3, 0.4) is 0 Å². The average molecular weight is 449 g/mol. The molecule has 2 rings (SSSR count). The van der Waals surface area contributed by atoms with E-state index in [2.05, 4.69) is 12.2 Å². The lowest BCUT2D eigenvalue weighted by molar-refractivity contribution is -0.140. The van der Waals surface area contributed by atoms with Gasteiger partial charge in [-0.25, -0.2) is 0 Å². The summed E-state index contributed by atoms with van der Waals surface area (Å²) in [5.41, 5.74) is 3.87. The van der Waals surface area contributed by atoms with E-state index in [-0.39, 0.29) is 24.8 Å². The zero-order chi connectivity index (χ0) is 22.3. The summed E-state index contributed by atoms with van der Waals surface area (Å²) in [5, 5.41) is 3.93. The van der Waals surface area contributed by atoms with E-state index >= 15 is 0 Å². The molecular formula is C24H30Cl2N2O2. The minimum atomic E-state index is -0.619. The average Bonchev–Trinajstić information content (AvgIpc) is 2.69. The molecule has 6 heteroatoms. The topological polar surface area (TPSA) is 49.4 Å². The van der Waals surface area contributed by atoms with Gasteiger partial charge in [-0.1, -0.05) is 66.4 Å². The highest BCUT2D eigenvalue weighted by molar-refractivity contribution is 6.35. The fraction of sp³-hybridized carbons (Fsp3) is 0.417. The maximum atomic E-state index is 13.3. The summed E-state index contributed by atoms with van der Waals surface area (Å²) in [6.07, 6.45) is 2.12. The van der Waals surface area contributed by atoms with Gasteiger partial charge in [-0.3, -0.25) is 9.59 Å². The highest BCUT2D eigenvalue weighted by Crippen LogP contribution is 2.24. The molecule has 2 aromatic rings. The molecule has 2 amide bonds. The second-order valence-electron chi connectivity index (χ2n) is 7.68. The van der Waals surface area contributed by atoms with Crippen molar-refractivity contribution in [3.8, 4) is 0 Å². The van der Waals surface area contributed by atoms with E-state index < -0.39 is 6.04 Å². The van der Waals surface area contributed by atoms with Crippen LogP contribution < -0.4 is 5.32 Å². The Morgan fingerprint density at radius 1 is 1.07 bits per heavy atom. The lowest BCUT2D eigenvalue weighted by Gasteiger charge is -2.29. The molecule has 0 radical (unpaired) electrons. The summed E-state index contributed by atoms with van der Waals surface area (Å²) in [4.78, 5) is 27.6. The Labute approximate surface area is 189 Å². The van der Waals surface area contributed by atoms with Gasteiger partial charge >= 0.3 is 0 Å². The van der Waals surface area contributed by atoms with E-state index in [0.717, 1.165) is 35.1 Å². The van der Waals surface area contributed by atoms with Crippen LogP contribution in [-0.4, -0.2) is 29.3 Å². The normalized spacial score (nSPS) is 11.8. The molecule has 1 unspecified atom stereocenters. The third kappa shape index (κ3) is 6.75. The highest BCUT2D eigenvalue weighted by Gasteiger charge is 2.27. The predicted molar refractivity (Wildman–Crippen MR) is 124 cm³/mol. The third-order valence-corrected chi connectivity index (χ3v) is 5.79. The van der Waals surface area contributed by atoms with Crippen molar-refractivity contribution in [2.75, 3.05) is 6.54 Å². The minimum Gasteiger partial charge on any atom is -0.354 e. The van der Waals surface area contributed by atoms with E-state index in [1.807, 2.05) is 32.0 Å². The van der Waals surface area contributed by atoms with Crippen molar-refractivity contribution < 1.29 is 9.59 Å². The first-order chi connectivity index (χ1) is 14.2. The number of carbonyl (C=O) groups is 2. The molecule has 0 spiro atoms. The Kier molecular flexibility index (Phi) is 9.19. The Morgan fingerprint density at radius 2 is 1.80 bits per heavy atom. The van der Waals surface area contributed by atoms with Gasteiger partial charge in [0.15, 0.2) is 0 Å². The molecule has 1 N–H and O–H groups in total. The van der Waals surface area contributed by atoms with Crippen molar-refractivity contribution in [2.45, 2.75) is 59.5 Å². The van der Waals surface area contributed by atoms with Crippen LogP contribution in [0.25, 0.3) is 0 Å². The molecule has 0 saturated carbocycles. The standard InChI is InChI=1S/C24H30Cl2N2O2/c1-5-6-11-27-24(30)18(4)28(15-19-9-10-21(25)14-22(19)26)23(29)13-20-12-16(2)7-8-17(20)3/h7-10,12,14,18H,5-6,11,13,15H2,1-4H3,(H,27,30). The molecule has 162 valence electrons. The van der Waals surface area contributed by atoms with Gasteiger partial charge in [0.05, 0.1) is 6.42 Å². The van der Waals surface area contributed by atoms with Gasteiger partial charge in [0, 0.05) is 23.1 Å². The van der Waals surface area contributed by atoms with Gasteiger partial charge in [-0.05, 0) is 56.0 Å². The van der Waals surface area contributed by atoms with Gasteiger partial charge in [-0.2, -0.15) is 0 Å². The van der Waals surface area contributed by atoms with Crippen LogP contribution in [0.4, 0.5) is 0 Å². The molecule has 0 saturated heterocycles. The Balaban J connectivity index is 2.27. The second-order valence-corrected chi connectivity index (χ2v) is 8.53. The maximum absolute atomic E-state index is 13.3. The quantitative estimate of drug-likeness (QED) is 0.515. The van der Waals surface area contributed by atoms with Crippen molar-refractivity contribution in [2.24, 2.45) is 0 Å². The van der Waals surface area contributed by atoms with Crippen LogP contribution in [0.15, 0.2) is 36.4 Å². The lowest BCUT2D eigenvalue weighted by atomic mass is 10.0. The van der Waals surface area contributed by atoms with Crippen LogP contribution in [0.1, 0.15) is 48.9 Å². The Hall–Kier alpha value is -2.04. The SMILES string of the molecule is CCCCNC(=O)C(C)N(Cc1ccc(Cl)cc1Cl)C(=O)Cc1cc(C)ccc1C. The number of unbranched alkanes of at least 4 members (excludes halogenated alkanes) is 1. The number of carbonyl (C=O) groups excluding carboxylic acids is 2. The fourth-order valence-electron chi connectivity index (χ4n) is 3.21. The van der Waals surface area contributed by atoms with E-state index in [1.54, 1.807) is 30.0 Å². The van der Waals surface area contributed by atoms with Crippen molar-refractivity contribution >= 4 is 35.0 Å². The van der Waals surface area contributed by atoms with Crippen molar-refractivity contribution in [3.05, 3.63) is 68.7 Å². The number of hydrogen-bond donors (Lipinski definition) is 1. The molecule has 4 nitrogen and oxygen atoms in total. The van der Waals surface area contributed by atoms with Crippen LogP contribution in [0, 0.1) is 13.8 Å². The lowest BCUT2D eigenvalue weighted by Crippen LogP contribution is -2.48. The molecule has 1 atom stereocenters. The zero-order valence-electron chi connectivity index (χ0n) is 18.1. The molecule has 30 heavy (non-hydrogen) atoms. The monoisotopic (exact) mass is 448 g/mol. The van der Waals surface area contributed by atoms with Crippen LogP contribution in [-0.2, 0) is 22.6 Å². The second kappa shape index (κ2) is 11.4. The molecule has 0 aliphatic carbocycles. The van der Waals surface area contributed by atoms with Crippen molar-refractivity contribution in [1.82, 2.24) is 10.2 Å². The number of nitrogens with one attached hydrogen (secondary N) is 1. The summed E-state index contributed by atoms with van der Waals surface area (Å²) < 4.78 is 0. The number of hydrogen-bond acceptors (Lipinski definition) is 2.